The molecule has 0 saturated carbocycles. The SMILES string of the molecule is CC(C)(C)[Si](C)(C)O[C@@H]1C[C@H]([C@@H]2CO2)O[C@@H]1COC(c1ccccc1)(c1ccccc1)c1ccccc1. The fourth-order valence-corrected chi connectivity index (χ4v) is 6.42. The highest BCUT2D eigenvalue weighted by atomic mass is 28.4. The Morgan fingerprint density at radius 1 is 0.757 bits per heavy atom. The van der Waals surface area contributed by atoms with E-state index in [-0.39, 0.29) is 29.5 Å². The summed E-state index contributed by atoms with van der Waals surface area (Å²) in [6.07, 6.45) is 0.898. The second-order valence-corrected chi connectivity index (χ2v) is 16.6. The Morgan fingerprint density at radius 2 is 1.22 bits per heavy atom. The second-order valence-electron chi connectivity index (χ2n) is 11.8. The van der Waals surface area contributed by atoms with E-state index in [2.05, 4.69) is 107 Å². The average Bonchev–Trinajstić information content (AvgIpc) is 3.67. The van der Waals surface area contributed by atoms with E-state index in [4.69, 9.17) is 18.6 Å². The Kier molecular flexibility index (Phi) is 7.45. The van der Waals surface area contributed by atoms with E-state index in [9.17, 15) is 0 Å². The van der Waals surface area contributed by atoms with Gasteiger partial charge in [-0.2, -0.15) is 0 Å². The summed E-state index contributed by atoms with van der Waals surface area (Å²) >= 11 is 0. The fraction of sp³-hybridized carbons (Fsp3) is 0.438. The van der Waals surface area contributed by atoms with E-state index >= 15 is 0 Å². The van der Waals surface area contributed by atoms with Crippen LogP contribution in [0.2, 0.25) is 18.1 Å². The quantitative estimate of drug-likeness (QED) is 0.175. The van der Waals surface area contributed by atoms with Crippen LogP contribution in [0, 0.1) is 0 Å². The molecule has 0 aromatic heterocycles. The number of hydrogen-bond acceptors (Lipinski definition) is 4. The summed E-state index contributed by atoms with van der Waals surface area (Å²) in [6, 6.07) is 31.5. The number of hydrogen-bond donors (Lipinski definition) is 0. The normalized spacial score (nSPS) is 24.2. The highest BCUT2D eigenvalue weighted by Crippen LogP contribution is 2.44. The fourth-order valence-electron chi connectivity index (χ4n) is 5.06. The second kappa shape index (κ2) is 10.5. The van der Waals surface area contributed by atoms with Gasteiger partial charge in [-0.3, -0.25) is 0 Å². The molecule has 4 nitrogen and oxygen atoms in total. The molecular formula is C32H40O4Si. The van der Waals surface area contributed by atoms with Crippen LogP contribution in [0.4, 0.5) is 0 Å². The summed E-state index contributed by atoms with van der Waals surface area (Å²) in [5, 5.41) is 0.119. The van der Waals surface area contributed by atoms with Gasteiger partial charge < -0.3 is 18.6 Å². The maximum atomic E-state index is 7.12. The lowest BCUT2D eigenvalue weighted by atomic mass is 9.80. The number of ether oxygens (including phenoxy) is 3. The molecule has 3 aromatic rings. The maximum absolute atomic E-state index is 7.12. The topological polar surface area (TPSA) is 40.2 Å². The summed E-state index contributed by atoms with van der Waals surface area (Å²) in [6.45, 7) is 12.7. The van der Waals surface area contributed by atoms with Crippen LogP contribution in [-0.2, 0) is 24.2 Å². The lowest BCUT2D eigenvalue weighted by Gasteiger charge is -2.40. The highest BCUT2D eigenvalue weighted by Gasteiger charge is 2.49. The molecule has 37 heavy (non-hydrogen) atoms. The maximum Gasteiger partial charge on any atom is 0.192 e. The first-order chi connectivity index (χ1) is 17.7. The Balaban J connectivity index is 1.51. The Hall–Kier alpha value is -2.28. The van der Waals surface area contributed by atoms with Gasteiger partial charge in [0.1, 0.15) is 17.8 Å². The first kappa shape index (κ1) is 26.3. The standard InChI is InChI=1S/C32H40O4Si/c1-31(2,3)37(4,5)36-28-21-27(29-22-33-29)35-30(28)23-34-32(24-15-9-6-10-16-24,25-17-11-7-12-18-25)26-19-13-8-14-20-26/h6-20,27-30H,21-23H2,1-5H3/t27-,28-,29+,30-/m1/s1. The molecule has 0 unspecified atom stereocenters. The van der Waals surface area contributed by atoms with Crippen molar-refractivity contribution in [3.63, 3.8) is 0 Å². The molecule has 3 aromatic carbocycles. The summed E-state index contributed by atoms with van der Waals surface area (Å²) in [5.74, 6) is 0. The summed E-state index contributed by atoms with van der Waals surface area (Å²) in [7, 11) is -2.00. The molecule has 0 aliphatic carbocycles. The summed E-state index contributed by atoms with van der Waals surface area (Å²) in [5.41, 5.74) is 2.50. The van der Waals surface area contributed by atoms with Crippen molar-refractivity contribution in [2.45, 2.75) is 75.3 Å². The van der Waals surface area contributed by atoms with Gasteiger partial charge in [-0.05, 0) is 34.8 Å². The molecule has 2 fully saturated rings. The van der Waals surface area contributed by atoms with Gasteiger partial charge in [0, 0.05) is 6.42 Å². The zero-order valence-electron chi connectivity index (χ0n) is 22.7. The van der Waals surface area contributed by atoms with Gasteiger partial charge in [0.2, 0.25) is 0 Å². The molecule has 0 spiro atoms. The largest absolute Gasteiger partial charge is 0.411 e. The third-order valence-corrected chi connectivity index (χ3v) is 12.8. The van der Waals surface area contributed by atoms with Crippen LogP contribution in [0.1, 0.15) is 43.9 Å². The Morgan fingerprint density at radius 3 is 1.62 bits per heavy atom. The number of epoxide rings is 1. The zero-order valence-corrected chi connectivity index (χ0v) is 23.7. The molecule has 0 amide bonds. The lowest BCUT2D eigenvalue weighted by molar-refractivity contribution is -0.0830. The van der Waals surface area contributed by atoms with Crippen LogP contribution in [0.15, 0.2) is 91.0 Å². The predicted molar refractivity (Wildman–Crippen MR) is 150 cm³/mol. The van der Waals surface area contributed by atoms with Crippen LogP contribution in [0.25, 0.3) is 0 Å². The number of benzene rings is 3. The van der Waals surface area contributed by atoms with Crippen molar-refractivity contribution in [3.05, 3.63) is 108 Å². The van der Waals surface area contributed by atoms with E-state index in [0.717, 1.165) is 29.7 Å². The molecule has 5 heteroatoms. The van der Waals surface area contributed by atoms with Crippen LogP contribution in [0.3, 0.4) is 0 Å². The van der Waals surface area contributed by atoms with Gasteiger partial charge in [0.15, 0.2) is 8.32 Å². The molecule has 2 aliphatic heterocycles. The minimum atomic E-state index is -2.00. The van der Waals surface area contributed by atoms with Crippen LogP contribution >= 0.6 is 0 Å². The van der Waals surface area contributed by atoms with Gasteiger partial charge in [-0.25, -0.2) is 0 Å². The Bertz CT molecular complexity index is 1040. The van der Waals surface area contributed by atoms with Gasteiger partial charge in [-0.1, -0.05) is 112 Å². The molecule has 2 aliphatic rings. The molecule has 2 heterocycles. The smallest absolute Gasteiger partial charge is 0.192 e. The molecule has 196 valence electrons. The van der Waals surface area contributed by atoms with E-state index in [0.29, 0.717) is 6.61 Å². The van der Waals surface area contributed by atoms with Crippen molar-refractivity contribution >= 4 is 8.32 Å². The predicted octanol–water partition coefficient (Wildman–Crippen LogP) is 6.94. The van der Waals surface area contributed by atoms with Gasteiger partial charge in [0.05, 0.1) is 25.4 Å². The molecule has 4 atom stereocenters. The Labute approximate surface area is 223 Å². The monoisotopic (exact) mass is 516 g/mol. The molecular weight excluding hydrogens is 476 g/mol. The van der Waals surface area contributed by atoms with Crippen LogP contribution in [-0.4, -0.2) is 45.9 Å². The lowest BCUT2D eigenvalue weighted by Crippen LogP contribution is -2.47. The molecule has 0 radical (unpaired) electrons. The molecule has 0 bridgehead atoms. The van der Waals surface area contributed by atoms with Crippen LogP contribution < -0.4 is 0 Å². The molecule has 5 rings (SSSR count). The van der Waals surface area contributed by atoms with E-state index < -0.39 is 13.9 Å². The van der Waals surface area contributed by atoms with Gasteiger partial charge in [0.25, 0.3) is 0 Å². The van der Waals surface area contributed by atoms with Gasteiger partial charge >= 0.3 is 0 Å². The minimum absolute atomic E-state index is 0.0184. The number of rotatable bonds is 9. The van der Waals surface area contributed by atoms with Crippen molar-refractivity contribution in [2.75, 3.05) is 13.2 Å². The summed E-state index contributed by atoms with van der Waals surface area (Å²) < 4.78 is 26.3. The molecule has 2 saturated heterocycles. The van der Waals surface area contributed by atoms with Crippen molar-refractivity contribution in [1.29, 1.82) is 0 Å². The highest BCUT2D eigenvalue weighted by molar-refractivity contribution is 6.74. The third kappa shape index (κ3) is 5.47. The van der Waals surface area contributed by atoms with Crippen molar-refractivity contribution in [1.82, 2.24) is 0 Å². The van der Waals surface area contributed by atoms with Gasteiger partial charge in [-0.15, -0.1) is 0 Å². The van der Waals surface area contributed by atoms with E-state index in [1.807, 2.05) is 18.2 Å². The van der Waals surface area contributed by atoms with E-state index in [1.165, 1.54) is 0 Å². The minimum Gasteiger partial charge on any atom is -0.411 e. The average molecular weight is 517 g/mol. The first-order valence-electron chi connectivity index (χ1n) is 13.5. The molecule has 0 N–H and O–H groups in total. The van der Waals surface area contributed by atoms with E-state index in [1.54, 1.807) is 0 Å². The zero-order chi connectivity index (χ0) is 26.1. The third-order valence-electron chi connectivity index (χ3n) is 8.26. The summed E-state index contributed by atoms with van der Waals surface area (Å²) in [4.78, 5) is 0. The van der Waals surface area contributed by atoms with Crippen molar-refractivity contribution < 1.29 is 18.6 Å². The van der Waals surface area contributed by atoms with Crippen LogP contribution in [0.5, 0.6) is 0 Å². The van der Waals surface area contributed by atoms with Crippen molar-refractivity contribution in [3.8, 4) is 0 Å². The first-order valence-corrected chi connectivity index (χ1v) is 16.4. The van der Waals surface area contributed by atoms with Crippen molar-refractivity contribution in [2.24, 2.45) is 0 Å².